The number of ketones is 1. The fourth-order valence-electron chi connectivity index (χ4n) is 3.16. The summed E-state index contributed by atoms with van der Waals surface area (Å²) in [5, 5.41) is 3.31. The van der Waals surface area contributed by atoms with Gasteiger partial charge in [0.1, 0.15) is 5.75 Å². The first kappa shape index (κ1) is 12.6. The van der Waals surface area contributed by atoms with Crippen LogP contribution in [0.25, 0.3) is 0 Å². The number of hydrogen-bond donors (Lipinski definition) is 1. The summed E-state index contributed by atoms with van der Waals surface area (Å²) in [6, 6.07) is 11.9. The molecule has 0 spiro atoms. The minimum atomic E-state index is 0.0588. The van der Waals surface area contributed by atoms with Crippen LogP contribution in [0.1, 0.15) is 39.0 Å². The number of hydrogen-bond acceptors (Lipinski definition) is 3. The maximum absolute atomic E-state index is 12.8. The summed E-state index contributed by atoms with van der Waals surface area (Å²) in [5.41, 5.74) is 5.11. The van der Waals surface area contributed by atoms with Crippen LogP contribution in [0.5, 0.6) is 5.75 Å². The van der Waals surface area contributed by atoms with E-state index in [2.05, 4.69) is 17.4 Å². The van der Waals surface area contributed by atoms with Gasteiger partial charge in [-0.2, -0.15) is 0 Å². The lowest BCUT2D eigenvalue weighted by Gasteiger charge is -2.19. The lowest BCUT2D eigenvalue weighted by atomic mass is 9.95. The third-order valence-corrected chi connectivity index (χ3v) is 4.28. The largest absolute Gasteiger partial charge is 0.493 e. The highest BCUT2D eigenvalue weighted by atomic mass is 16.5. The Morgan fingerprint density at radius 3 is 2.90 bits per heavy atom. The van der Waals surface area contributed by atoms with Gasteiger partial charge in [0, 0.05) is 18.7 Å². The lowest BCUT2D eigenvalue weighted by Crippen LogP contribution is -2.13. The standard InChI is InChI=1S/C18H17NO2/c20-17(13-6-7-14-10-19-11-15(14)9-13)16-5-1-3-12-4-2-8-21-18(12)16/h1,3,5-7,9,19H,2,4,8,10-11H2. The zero-order valence-corrected chi connectivity index (χ0v) is 11.8. The van der Waals surface area contributed by atoms with Crippen molar-refractivity contribution < 1.29 is 9.53 Å². The van der Waals surface area contributed by atoms with Crippen molar-refractivity contribution in [3.05, 3.63) is 64.2 Å². The van der Waals surface area contributed by atoms with Crippen molar-refractivity contribution in [1.82, 2.24) is 5.32 Å². The number of aryl methyl sites for hydroxylation is 1. The molecule has 1 N–H and O–H groups in total. The third-order valence-electron chi connectivity index (χ3n) is 4.28. The maximum Gasteiger partial charge on any atom is 0.196 e. The summed E-state index contributed by atoms with van der Waals surface area (Å²) < 4.78 is 5.76. The van der Waals surface area contributed by atoms with E-state index in [0.29, 0.717) is 12.2 Å². The first-order valence-corrected chi connectivity index (χ1v) is 7.45. The summed E-state index contributed by atoms with van der Waals surface area (Å²) in [7, 11) is 0. The van der Waals surface area contributed by atoms with Crippen LogP contribution in [0.15, 0.2) is 36.4 Å². The number of nitrogens with one attached hydrogen (secondary N) is 1. The molecule has 2 heterocycles. The molecule has 2 aromatic carbocycles. The van der Waals surface area contributed by atoms with E-state index in [1.54, 1.807) is 0 Å². The number of carbonyl (C=O) groups is 1. The second-order valence-electron chi connectivity index (χ2n) is 5.66. The Labute approximate surface area is 123 Å². The molecule has 0 aliphatic carbocycles. The van der Waals surface area contributed by atoms with Gasteiger partial charge in [0.25, 0.3) is 0 Å². The lowest BCUT2D eigenvalue weighted by molar-refractivity contribution is 0.103. The number of rotatable bonds is 2. The smallest absolute Gasteiger partial charge is 0.196 e. The quantitative estimate of drug-likeness (QED) is 0.859. The van der Waals surface area contributed by atoms with Crippen molar-refractivity contribution >= 4 is 5.78 Å². The Kier molecular flexibility index (Phi) is 3.00. The Morgan fingerprint density at radius 1 is 1.05 bits per heavy atom. The van der Waals surface area contributed by atoms with Crippen LogP contribution >= 0.6 is 0 Å². The molecule has 2 aliphatic heterocycles. The minimum absolute atomic E-state index is 0.0588. The average Bonchev–Trinajstić information content (AvgIpc) is 3.01. The molecule has 0 radical (unpaired) electrons. The zero-order chi connectivity index (χ0) is 14.2. The number of benzene rings is 2. The number of ether oxygens (including phenoxy) is 1. The van der Waals surface area contributed by atoms with E-state index in [-0.39, 0.29) is 5.78 Å². The number of para-hydroxylation sites is 1. The highest BCUT2D eigenvalue weighted by Crippen LogP contribution is 2.31. The zero-order valence-electron chi connectivity index (χ0n) is 11.8. The molecule has 2 aliphatic rings. The fourth-order valence-corrected chi connectivity index (χ4v) is 3.16. The maximum atomic E-state index is 12.8. The van der Waals surface area contributed by atoms with E-state index in [9.17, 15) is 4.79 Å². The van der Waals surface area contributed by atoms with Crippen LogP contribution in [-0.4, -0.2) is 12.4 Å². The topological polar surface area (TPSA) is 38.3 Å². The van der Waals surface area contributed by atoms with Gasteiger partial charge in [-0.3, -0.25) is 4.79 Å². The van der Waals surface area contributed by atoms with Gasteiger partial charge in [0.15, 0.2) is 5.78 Å². The molecule has 0 atom stereocenters. The van der Waals surface area contributed by atoms with Crippen molar-refractivity contribution in [3.8, 4) is 5.75 Å². The van der Waals surface area contributed by atoms with Crippen molar-refractivity contribution in [1.29, 1.82) is 0 Å². The van der Waals surface area contributed by atoms with Gasteiger partial charge >= 0.3 is 0 Å². The fraction of sp³-hybridized carbons (Fsp3) is 0.278. The summed E-state index contributed by atoms with van der Waals surface area (Å²) in [5.74, 6) is 0.843. The van der Waals surface area contributed by atoms with Gasteiger partial charge in [-0.15, -0.1) is 0 Å². The van der Waals surface area contributed by atoms with Crippen LogP contribution < -0.4 is 10.1 Å². The van der Waals surface area contributed by atoms with E-state index < -0.39 is 0 Å². The van der Waals surface area contributed by atoms with Gasteiger partial charge in [-0.25, -0.2) is 0 Å². The molecule has 0 fully saturated rings. The minimum Gasteiger partial charge on any atom is -0.493 e. The number of carbonyl (C=O) groups excluding carboxylic acids is 1. The molecule has 0 unspecified atom stereocenters. The molecular formula is C18H17NO2. The molecule has 3 heteroatoms. The molecule has 4 rings (SSSR count). The molecule has 21 heavy (non-hydrogen) atoms. The molecule has 0 saturated heterocycles. The van der Waals surface area contributed by atoms with Gasteiger partial charge in [0.05, 0.1) is 12.2 Å². The monoisotopic (exact) mass is 279 g/mol. The molecule has 106 valence electrons. The Balaban J connectivity index is 1.75. The van der Waals surface area contributed by atoms with Crippen molar-refractivity contribution in [3.63, 3.8) is 0 Å². The van der Waals surface area contributed by atoms with E-state index in [1.807, 2.05) is 24.3 Å². The summed E-state index contributed by atoms with van der Waals surface area (Å²) in [6.07, 6.45) is 2.01. The summed E-state index contributed by atoms with van der Waals surface area (Å²) in [6.45, 7) is 2.44. The Hall–Kier alpha value is -2.13. The van der Waals surface area contributed by atoms with Crippen molar-refractivity contribution in [2.75, 3.05) is 6.61 Å². The molecule has 0 bridgehead atoms. The molecule has 0 amide bonds. The molecular weight excluding hydrogens is 262 g/mol. The van der Waals surface area contributed by atoms with Crippen LogP contribution in [0.3, 0.4) is 0 Å². The predicted octanol–water partition coefficient (Wildman–Crippen LogP) is 2.85. The van der Waals surface area contributed by atoms with Gasteiger partial charge in [-0.05, 0) is 41.7 Å². The van der Waals surface area contributed by atoms with Gasteiger partial charge in [0.2, 0.25) is 0 Å². The second-order valence-corrected chi connectivity index (χ2v) is 5.66. The highest BCUT2D eigenvalue weighted by molar-refractivity contribution is 6.11. The SMILES string of the molecule is O=C(c1ccc2c(c1)CNC2)c1cccc2c1OCCC2. The summed E-state index contributed by atoms with van der Waals surface area (Å²) in [4.78, 5) is 12.8. The van der Waals surface area contributed by atoms with Crippen molar-refractivity contribution in [2.24, 2.45) is 0 Å². The first-order chi connectivity index (χ1) is 10.3. The normalized spacial score (nSPS) is 16.0. The first-order valence-electron chi connectivity index (χ1n) is 7.45. The van der Waals surface area contributed by atoms with Gasteiger partial charge in [-0.1, -0.05) is 24.3 Å². The number of fused-ring (bicyclic) bond motifs is 2. The van der Waals surface area contributed by atoms with E-state index in [1.165, 1.54) is 11.1 Å². The molecule has 3 nitrogen and oxygen atoms in total. The van der Waals surface area contributed by atoms with Crippen LogP contribution in [0, 0.1) is 0 Å². The second kappa shape index (κ2) is 5.01. The predicted molar refractivity (Wildman–Crippen MR) is 80.7 cm³/mol. The van der Waals surface area contributed by atoms with Gasteiger partial charge < -0.3 is 10.1 Å². The van der Waals surface area contributed by atoms with Crippen LogP contribution in [0.2, 0.25) is 0 Å². The highest BCUT2D eigenvalue weighted by Gasteiger charge is 2.21. The molecule has 0 aromatic heterocycles. The third kappa shape index (κ3) is 2.14. The molecule has 0 saturated carbocycles. The molecule has 2 aromatic rings. The average molecular weight is 279 g/mol. The van der Waals surface area contributed by atoms with Crippen LogP contribution in [0.4, 0.5) is 0 Å². The van der Waals surface area contributed by atoms with E-state index >= 15 is 0 Å². The Bertz CT molecular complexity index is 721. The summed E-state index contributed by atoms with van der Waals surface area (Å²) >= 11 is 0. The van der Waals surface area contributed by atoms with E-state index in [0.717, 1.165) is 42.8 Å². The van der Waals surface area contributed by atoms with Crippen LogP contribution in [-0.2, 0) is 19.5 Å². The van der Waals surface area contributed by atoms with E-state index in [4.69, 9.17) is 4.74 Å². The van der Waals surface area contributed by atoms with Crippen molar-refractivity contribution in [2.45, 2.75) is 25.9 Å². The Morgan fingerprint density at radius 2 is 1.95 bits per heavy atom.